The molecular weight excluding hydrogens is 482 g/mol. The number of guanidine groups is 1. The normalized spacial score (nSPS) is 35.9. The van der Waals surface area contributed by atoms with Crippen molar-refractivity contribution in [1.29, 1.82) is 0 Å². The van der Waals surface area contributed by atoms with Gasteiger partial charge >= 0.3 is 6.09 Å². The van der Waals surface area contributed by atoms with Crippen LogP contribution in [0.4, 0.5) is 4.79 Å². The van der Waals surface area contributed by atoms with E-state index in [4.69, 9.17) is 19.7 Å². The summed E-state index contributed by atoms with van der Waals surface area (Å²) >= 11 is 0. The highest BCUT2D eigenvalue weighted by Gasteiger charge is 2.40. The third-order valence-corrected chi connectivity index (χ3v) is 8.33. The second kappa shape index (κ2) is 11.6. The van der Waals surface area contributed by atoms with Crippen LogP contribution >= 0.6 is 0 Å². The average molecular weight is 528 g/mol. The fourth-order valence-electron chi connectivity index (χ4n) is 6.29. The molecule has 2 saturated heterocycles. The van der Waals surface area contributed by atoms with Gasteiger partial charge in [0.25, 0.3) is 0 Å². The largest absolute Gasteiger partial charge is 0.444 e. The van der Waals surface area contributed by atoms with Crippen LogP contribution in [0.2, 0.25) is 0 Å². The fourth-order valence-corrected chi connectivity index (χ4v) is 6.29. The molecule has 6 atom stereocenters. The van der Waals surface area contributed by atoms with Crippen molar-refractivity contribution >= 4 is 30.4 Å². The van der Waals surface area contributed by atoms with E-state index in [1.165, 1.54) is 6.42 Å². The van der Waals surface area contributed by atoms with Gasteiger partial charge in [-0.25, -0.2) is 9.79 Å². The molecule has 6 unspecified atom stereocenters. The smallest absolute Gasteiger partial charge is 0.410 e. The van der Waals surface area contributed by atoms with Crippen LogP contribution in [0.25, 0.3) is 0 Å². The van der Waals surface area contributed by atoms with Gasteiger partial charge in [0.15, 0.2) is 5.96 Å². The maximum absolute atomic E-state index is 12.4. The number of piperazine rings is 1. The Kier molecular flexibility index (Phi) is 8.20. The van der Waals surface area contributed by atoms with Crippen molar-refractivity contribution in [1.82, 2.24) is 25.8 Å². The van der Waals surface area contributed by atoms with E-state index in [1.54, 1.807) is 0 Å². The van der Waals surface area contributed by atoms with Gasteiger partial charge in [-0.05, 0) is 64.7 Å². The molecule has 11 nitrogen and oxygen atoms in total. The molecule has 38 heavy (non-hydrogen) atoms. The lowest BCUT2D eigenvalue weighted by molar-refractivity contribution is 0.0132. The van der Waals surface area contributed by atoms with Gasteiger partial charge < -0.3 is 25.6 Å². The highest BCUT2D eigenvalue weighted by atomic mass is 16.6. The molecule has 0 aromatic heterocycles. The van der Waals surface area contributed by atoms with Gasteiger partial charge in [-0.2, -0.15) is 0 Å². The van der Waals surface area contributed by atoms with Crippen LogP contribution in [0, 0.1) is 11.8 Å². The van der Waals surface area contributed by atoms with Crippen molar-refractivity contribution in [3.63, 3.8) is 0 Å². The number of hydrogen-bond donors (Lipinski definition) is 3. The van der Waals surface area contributed by atoms with Crippen molar-refractivity contribution in [3.05, 3.63) is 0 Å². The highest BCUT2D eigenvalue weighted by Crippen LogP contribution is 2.32. The zero-order chi connectivity index (χ0) is 26.7. The summed E-state index contributed by atoms with van der Waals surface area (Å²) in [5.41, 5.74) is -0.454. The number of nitrogens with one attached hydrogen (secondary N) is 3. The number of rotatable bonds is 4. The molecule has 11 heteroatoms. The first-order chi connectivity index (χ1) is 18.3. The molecule has 1 aliphatic carbocycles. The number of hydrogen-bond acceptors (Lipinski definition) is 7. The van der Waals surface area contributed by atoms with E-state index in [0.29, 0.717) is 43.1 Å². The molecule has 0 aromatic rings. The Morgan fingerprint density at radius 1 is 1.11 bits per heavy atom. The molecular formula is C27H45N9O2. The Hall–Kier alpha value is -2.69. The minimum absolute atomic E-state index is 0.0416. The summed E-state index contributed by atoms with van der Waals surface area (Å²) in [6.07, 6.45) is 9.87. The van der Waals surface area contributed by atoms with Crippen molar-refractivity contribution < 1.29 is 9.53 Å². The van der Waals surface area contributed by atoms with E-state index in [-0.39, 0.29) is 12.3 Å². The highest BCUT2D eigenvalue weighted by molar-refractivity contribution is 5.93. The summed E-state index contributed by atoms with van der Waals surface area (Å²) in [4.78, 5) is 35.4. The van der Waals surface area contributed by atoms with E-state index in [9.17, 15) is 4.79 Å². The van der Waals surface area contributed by atoms with Crippen LogP contribution in [0.3, 0.4) is 0 Å². The second-order valence-electron chi connectivity index (χ2n) is 12.3. The first kappa shape index (κ1) is 26.9. The summed E-state index contributed by atoms with van der Waals surface area (Å²) in [5.74, 6) is 3.02. The van der Waals surface area contributed by atoms with Gasteiger partial charge in [0.2, 0.25) is 0 Å². The molecule has 5 aliphatic rings. The molecule has 210 valence electrons. The third-order valence-electron chi connectivity index (χ3n) is 8.33. The van der Waals surface area contributed by atoms with Crippen LogP contribution < -0.4 is 16.0 Å². The number of fused-ring (bicyclic) bond motifs is 1. The number of nitrogens with zero attached hydrogens (tertiary/aromatic N) is 6. The SMILES string of the molecule is CN=C1CC(C2CCC3NC(=NC4CC(CN5CCN(C(=O)OC(C)(C)C)CC5)CC=N4)NC3C2)N=CN1. The first-order valence-electron chi connectivity index (χ1n) is 14.3. The molecule has 3 N–H and O–H groups in total. The molecule has 5 rings (SSSR count). The van der Waals surface area contributed by atoms with Crippen LogP contribution in [0.15, 0.2) is 20.0 Å². The number of carbonyl (C=O) groups excluding carboxylic acids is 1. The lowest BCUT2D eigenvalue weighted by Gasteiger charge is -2.37. The van der Waals surface area contributed by atoms with E-state index in [0.717, 1.165) is 63.5 Å². The molecule has 0 radical (unpaired) electrons. The van der Waals surface area contributed by atoms with Gasteiger partial charge in [0.1, 0.15) is 17.6 Å². The summed E-state index contributed by atoms with van der Waals surface area (Å²) in [7, 11) is 1.84. The van der Waals surface area contributed by atoms with Crippen molar-refractivity contribution in [2.75, 3.05) is 39.8 Å². The second-order valence-corrected chi connectivity index (χ2v) is 12.3. The van der Waals surface area contributed by atoms with Crippen LogP contribution in [0.1, 0.15) is 59.3 Å². The van der Waals surface area contributed by atoms with E-state index >= 15 is 0 Å². The Labute approximate surface area is 226 Å². The van der Waals surface area contributed by atoms with E-state index < -0.39 is 5.60 Å². The van der Waals surface area contributed by atoms with Gasteiger partial charge in [0, 0.05) is 64.5 Å². The van der Waals surface area contributed by atoms with Crippen LogP contribution in [0.5, 0.6) is 0 Å². The molecule has 1 amide bonds. The van der Waals surface area contributed by atoms with Gasteiger partial charge in [-0.15, -0.1) is 0 Å². The third kappa shape index (κ3) is 6.84. The zero-order valence-electron chi connectivity index (χ0n) is 23.4. The zero-order valence-corrected chi connectivity index (χ0v) is 23.4. The number of ether oxygens (including phenoxy) is 1. The molecule has 0 bridgehead atoms. The fraction of sp³-hybridized carbons (Fsp3) is 0.815. The van der Waals surface area contributed by atoms with Crippen molar-refractivity contribution in [3.8, 4) is 0 Å². The number of amidine groups is 1. The molecule has 4 heterocycles. The molecule has 3 fully saturated rings. The van der Waals surface area contributed by atoms with Crippen LogP contribution in [-0.4, -0.2) is 110 Å². The molecule has 0 spiro atoms. The maximum Gasteiger partial charge on any atom is 0.410 e. The summed E-state index contributed by atoms with van der Waals surface area (Å²) in [6, 6.07) is 1.14. The predicted octanol–water partition coefficient (Wildman–Crippen LogP) is 1.85. The first-order valence-corrected chi connectivity index (χ1v) is 14.3. The number of amides is 1. The lowest BCUT2D eigenvalue weighted by atomic mass is 9.78. The number of aliphatic imine (C=N–C) groups is 4. The minimum atomic E-state index is -0.454. The number of carbonyl (C=O) groups is 1. The average Bonchev–Trinajstić information content (AvgIpc) is 3.30. The standard InChI is InChI=1S/C27H45N9O2/c1-27(2,3)38-26(37)36-11-9-35(10-12-36)16-18-7-8-29-24(13-18)34-25-32-20-6-5-19(14-22(20)33-25)21-15-23(28-4)31-17-30-21/h8,17-22,24H,5-7,9-16H2,1-4H3,(H,28,30,31)(H2,32,33,34). The molecule has 1 saturated carbocycles. The predicted molar refractivity (Wildman–Crippen MR) is 151 cm³/mol. The van der Waals surface area contributed by atoms with E-state index in [1.807, 2.05) is 39.1 Å². The van der Waals surface area contributed by atoms with Crippen molar-refractivity contribution in [2.45, 2.75) is 89.2 Å². The minimum Gasteiger partial charge on any atom is -0.444 e. The monoisotopic (exact) mass is 527 g/mol. The van der Waals surface area contributed by atoms with Gasteiger partial charge in [-0.1, -0.05) is 0 Å². The summed E-state index contributed by atoms with van der Waals surface area (Å²) in [5, 5.41) is 10.5. The van der Waals surface area contributed by atoms with Gasteiger partial charge in [-0.3, -0.25) is 19.9 Å². The summed E-state index contributed by atoms with van der Waals surface area (Å²) in [6.45, 7) is 9.95. The quantitative estimate of drug-likeness (QED) is 0.514. The Balaban J connectivity index is 1.08. The molecule has 4 aliphatic heterocycles. The maximum atomic E-state index is 12.4. The Morgan fingerprint density at radius 3 is 2.66 bits per heavy atom. The lowest BCUT2D eigenvalue weighted by Crippen LogP contribution is -2.51. The Morgan fingerprint density at radius 2 is 1.89 bits per heavy atom. The van der Waals surface area contributed by atoms with E-state index in [2.05, 4.69) is 32.1 Å². The Bertz CT molecular complexity index is 964. The molecule has 0 aromatic carbocycles. The van der Waals surface area contributed by atoms with Crippen molar-refractivity contribution in [2.24, 2.45) is 31.8 Å². The van der Waals surface area contributed by atoms with Crippen LogP contribution in [-0.2, 0) is 4.74 Å². The summed E-state index contributed by atoms with van der Waals surface area (Å²) < 4.78 is 5.53. The van der Waals surface area contributed by atoms with Gasteiger partial charge in [0.05, 0.1) is 12.4 Å². The topological polar surface area (TPSA) is 118 Å².